The van der Waals surface area contributed by atoms with Gasteiger partial charge in [0.2, 0.25) is 0 Å². The Kier molecular flexibility index (Phi) is 5.22. The highest BCUT2D eigenvalue weighted by Gasteiger charge is 2.11. The van der Waals surface area contributed by atoms with E-state index < -0.39 is 0 Å². The van der Waals surface area contributed by atoms with Gasteiger partial charge in [-0.15, -0.1) is 0 Å². The molecule has 0 aliphatic heterocycles. The summed E-state index contributed by atoms with van der Waals surface area (Å²) >= 11 is 6.00. The van der Waals surface area contributed by atoms with Crippen LogP contribution in [0.15, 0.2) is 42.5 Å². The van der Waals surface area contributed by atoms with Crippen LogP contribution in [0.5, 0.6) is 0 Å². The lowest BCUT2D eigenvalue weighted by Crippen LogP contribution is -2.13. The van der Waals surface area contributed by atoms with Crippen molar-refractivity contribution in [2.45, 2.75) is 39.2 Å². The number of rotatable bonds is 5. The van der Waals surface area contributed by atoms with Crippen LogP contribution in [0.4, 0.5) is 0 Å². The summed E-state index contributed by atoms with van der Waals surface area (Å²) in [5.41, 5.74) is 11.2. The topological polar surface area (TPSA) is 26.0 Å². The van der Waals surface area contributed by atoms with E-state index in [0.717, 1.165) is 28.1 Å². The van der Waals surface area contributed by atoms with Gasteiger partial charge < -0.3 is 5.73 Å². The van der Waals surface area contributed by atoms with Gasteiger partial charge >= 0.3 is 0 Å². The third kappa shape index (κ3) is 3.62. The SMILES string of the molecule is CCCCc1ccc(C(N)c2ccc(Cl)cc2C)cc1. The molecular formula is C18H22ClN. The highest BCUT2D eigenvalue weighted by Crippen LogP contribution is 2.25. The Morgan fingerprint density at radius 1 is 1.10 bits per heavy atom. The first-order valence-corrected chi connectivity index (χ1v) is 7.60. The van der Waals surface area contributed by atoms with Crippen LogP contribution in [0.3, 0.4) is 0 Å². The molecule has 0 heterocycles. The van der Waals surface area contributed by atoms with Crippen molar-refractivity contribution < 1.29 is 0 Å². The molecule has 2 rings (SSSR count). The Bertz CT molecular complexity index is 560. The molecular weight excluding hydrogens is 266 g/mol. The van der Waals surface area contributed by atoms with Crippen molar-refractivity contribution in [2.75, 3.05) is 0 Å². The van der Waals surface area contributed by atoms with E-state index in [4.69, 9.17) is 17.3 Å². The molecule has 1 atom stereocenters. The molecule has 0 bridgehead atoms. The first kappa shape index (κ1) is 15.1. The van der Waals surface area contributed by atoms with Crippen LogP contribution in [0.25, 0.3) is 0 Å². The summed E-state index contributed by atoms with van der Waals surface area (Å²) in [7, 11) is 0. The van der Waals surface area contributed by atoms with Crippen molar-refractivity contribution in [3.8, 4) is 0 Å². The summed E-state index contributed by atoms with van der Waals surface area (Å²) < 4.78 is 0. The van der Waals surface area contributed by atoms with Crippen LogP contribution in [0.1, 0.15) is 48.1 Å². The second-order valence-corrected chi connectivity index (χ2v) is 5.76. The average molecular weight is 288 g/mol. The van der Waals surface area contributed by atoms with Gasteiger partial charge in [0.15, 0.2) is 0 Å². The lowest BCUT2D eigenvalue weighted by Gasteiger charge is -2.16. The van der Waals surface area contributed by atoms with Crippen molar-refractivity contribution in [3.05, 3.63) is 69.7 Å². The van der Waals surface area contributed by atoms with Gasteiger partial charge in [-0.05, 0) is 54.2 Å². The molecule has 0 saturated carbocycles. The molecule has 0 saturated heterocycles. The quantitative estimate of drug-likeness (QED) is 0.819. The standard InChI is InChI=1S/C18H22ClN/c1-3-4-5-14-6-8-15(9-7-14)18(20)17-11-10-16(19)12-13(17)2/h6-12,18H,3-5,20H2,1-2H3. The van der Waals surface area contributed by atoms with Crippen LogP contribution in [0, 0.1) is 6.92 Å². The lowest BCUT2D eigenvalue weighted by atomic mass is 9.94. The number of benzene rings is 2. The summed E-state index contributed by atoms with van der Waals surface area (Å²) in [4.78, 5) is 0. The van der Waals surface area contributed by atoms with Gasteiger partial charge in [-0.3, -0.25) is 0 Å². The van der Waals surface area contributed by atoms with E-state index in [1.165, 1.54) is 18.4 Å². The molecule has 0 aliphatic carbocycles. The van der Waals surface area contributed by atoms with Crippen LogP contribution >= 0.6 is 11.6 Å². The van der Waals surface area contributed by atoms with Gasteiger partial charge in [0, 0.05) is 5.02 Å². The maximum absolute atomic E-state index is 6.37. The molecule has 106 valence electrons. The smallest absolute Gasteiger partial charge is 0.0554 e. The van der Waals surface area contributed by atoms with Gasteiger partial charge in [-0.2, -0.15) is 0 Å². The molecule has 0 amide bonds. The minimum Gasteiger partial charge on any atom is -0.320 e. The number of hydrogen-bond donors (Lipinski definition) is 1. The van der Waals surface area contributed by atoms with Gasteiger partial charge in [0.1, 0.15) is 0 Å². The Labute approximate surface area is 126 Å². The number of nitrogens with two attached hydrogens (primary N) is 1. The van der Waals surface area contributed by atoms with Crippen LogP contribution in [0.2, 0.25) is 5.02 Å². The molecule has 0 radical (unpaired) electrons. The number of halogens is 1. The fourth-order valence-electron chi connectivity index (χ4n) is 2.44. The van der Waals surface area contributed by atoms with Gasteiger partial charge in [0.25, 0.3) is 0 Å². The first-order valence-electron chi connectivity index (χ1n) is 7.22. The minimum absolute atomic E-state index is 0.0903. The van der Waals surface area contributed by atoms with Gasteiger partial charge in [-0.25, -0.2) is 0 Å². The van der Waals surface area contributed by atoms with Gasteiger partial charge in [0.05, 0.1) is 6.04 Å². The summed E-state index contributed by atoms with van der Waals surface area (Å²) in [6.07, 6.45) is 3.61. The number of hydrogen-bond acceptors (Lipinski definition) is 1. The zero-order chi connectivity index (χ0) is 14.5. The molecule has 1 nitrogen and oxygen atoms in total. The van der Waals surface area contributed by atoms with Crippen LogP contribution in [-0.4, -0.2) is 0 Å². The Balaban J connectivity index is 2.18. The minimum atomic E-state index is -0.0903. The maximum atomic E-state index is 6.37. The van der Waals surface area contributed by atoms with E-state index in [2.05, 4.69) is 38.1 Å². The maximum Gasteiger partial charge on any atom is 0.0554 e. The Morgan fingerprint density at radius 3 is 2.40 bits per heavy atom. The molecule has 0 aromatic heterocycles. The normalized spacial score (nSPS) is 12.4. The third-order valence-electron chi connectivity index (χ3n) is 3.72. The van der Waals surface area contributed by atoms with Crippen molar-refractivity contribution in [2.24, 2.45) is 5.73 Å². The molecule has 0 spiro atoms. The fourth-order valence-corrected chi connectivity index (χ4v) is 2.67. The highest BCUT2D eigenvalue weighted by molar-refractivity contribution is 6.30. The summed E-state index contributed by atoms with van der Waals surface area (Å²) in [6.45, 7) is 4.27. The van der Waals surface area contributed by atoms with E-state index in [0.29, 0.717) is 0 Å². The summed E-state index contributed by atoms with van der Waals surface area (Å²) in [6, 6.07) is 14.5. The number of unbranched alkanes of at least 4 members (excludes halogenated alkanes) is 1. The van der Waals surface area contributed by atoms with Crippen molar-refractivity contribution in [1.82, 2.24) is 0 Å². The molecule has 20 heavy (non-hydrogen) atoms. The van der Waals surface area contributed by atoms with Crippen molar-refractivity contribution >= 4 is 11.6 Å². The van der Waals surface area contributed by atoms with E-state index in [1.54, 1.807) is 0 Å². The first-order chi connectivity index (χ1) is 9.61. The number of aryl methyl sites for hydroxylation is 2. The molecule has 1 unspecified atom stereocenters. The fraction of sp³-hybridized carbons (Fsp3) is 0.333. The zero-order valence-electron chi connectivity index (χ0n) is 12.2. The van der Waals surface area contributed by atoms with E-state index in [-0.39, 0.29) is 6.04 Å². The Morgan fingerprint density at radius 2 is 1.80 bits per heavy atom. The molecule has 2 heteroatoms. The van der Waals surface area contributed by atoms with Crippen LogP contribution in [-0.2, 0) is 6.42 Å². The summed E-state index contributed by atoms with van der Waals surface area (Å²) in [5, 5.41) is 0.758. The molecule has 2 aromatic rings. The van der Waals surface area contributed by atoms with Crippen molar-refractivity contribution in [1.29, 1.82) is 0 Å². The van der Waals surface area contributed by atoms with Crippen molar-refractivity contribution in [3.63, 3.8) is 0 Å². The van der Waals surface area contributed by atoms with Crippen LogP contribution < -0.4 is 5.73 Å². The predicted octanol–water partition coefficient (Wildman–Crippen LogP) is 5.04. The summed E-state index contributed by atoms with van der Waals surface area (Å²) in [5.74, 6) is 0. The molecule has 0 aliphatic rings. The van der Waals surface area contributed by atoms with E-state index >= 15 is 0 Å². The predicted molar refractivity (Wildman–Crippen MR) is 87.3 cm³/mol. The second-order valence-electron chi connectivity index (χ2n) is 5.32. The highest BCUT2D eigenvalue weighted by atomic mass is 35.5. The van der Waals surface area contributed by atoms with E-state index in [9.17, 15) is 0 Å². The Hall–Kier alpha value is -1.31. The van der Waals surface area contributed by atoms with E-state index in [1.807, 2.05) is 18.2 Å². The van der Waals surface area contributed by atoms with Gasteiger partial charge in [-0.1, -0.05) is 55.3 Å². The molecule has 2 aromatic carbocycles. The monoisotopic (exact) mass is 287 g/mol. The average Bonchev–Trinajstić information content (AvgIpc) is 2.45. The lowest BCUT2D eigenvalue weighted by molar-refractivity contribution is 0.793. The zero-order valence-corrected chi connectivity index (χ0v) is 13.0. The third-order valence-corrected chi connectivity index (χ3v) is 3.96. The largest absolute Gasteiger partial charge is 0.320 e. The molecule has 2 N–H and O–H groups in total. The second kappa shape index (κ2) is 6.92. The molecule has 0 fully saturated rings.